The molecule has 186 valence electrons. The Bertz CT molecular complexity index is 1110. The van der Waals surface area contributed by atoms with Gasteiger partial charge < -0.3 is 4.90 Å². The van der Waals surface area contributed by atoms with Crippen LogP contribution in [0.2, 0.25) is 10.0 Å². The van der Waals surface area contributed by atoms with E-state index >= 15 is 0 Å². The second-order valence-corrected chi connectivity index (χ2v) is 11.1. The number of piperidine rings is 2. The van der Waals surface area contributed by atoms with Gasteiger partial charge in [-0.05, 0) is 56.1 Å². The van der Waals surface area contributed by atoms with E-state index in [2.05, 4.69) is 20.9 Å². The van der Waals surface area contributed by atoms with Crippen LogP contribution >= 0.6 is 23.2 Å². The molecular weight excluding hydrogens is 483 g/mol. The third-order valence-electron chi connectivity index (χ3n) is 7.98. The number of halogens is 2. The summed E-state index contributed by atoms with van der Waals surface area (Å²) in [5, 5.41) is 1.09. The number of aryl methyl sites for hydroxylation is 1. The van der Waals surface area contributed by atoms with Crippen LogP contribution in [0.25, 0.3) is 0 Å². The molecular formula is C27H32Cl2N4O2. The Morgan fingerprint density at radius 1 is 1.03 bits per heavy atom. The first-order valence-electron chi connectivity index (χ1n) is 12.5. The number of anilines is 1. The van der Waals surface area contributed by atoms with Crippen LogP contribution < -0.4 is 4.90 Å². The van der Waals surface area contributed by atoms with E-state index in [0.717, 1.165) is 56.8 Å². The van der Waals surface area contributed by atoms with Crippen molar-refractivity contribution in [3.8, 4) is 0 Å². The zero-order chi connectivity index (χ0) is 24.6. The van der Waals surface area contributed by atoms with E-state index in [0.29, 0.717) is 53.5 Å². The van der Waals surface area contributed by atoms with Gasteiger partial charge in [-0.3, -0.25) is 19.4 Å². The molecule has 0 aliphatic carbocycles. The highest BCUT2D eigenvalue weighted by Crippen LogP contribution is 2.41. The van der Waals surface area contributed by atoms with Crippen LogP contribution in [0.1, 0.15) is 43.4 Å². The van der Waals surface area contributed by atoms with Crippen molar-refractivity contribution in [3.63, 3.8) is 0 Å². The average Bonchev–Trinajstić information content (AvgIpc) is 2.82. The van der Waals surface area contributed by atoms with E-state index in [4.69, 9.17) is 23.2 Å². The van der Waals surface area contributed by atoms with Crippen LogP contribution in [0.15, 0.2) is 36.4 Å². The molecule has 1 aromatic heterocycles. The van der Waals surface area contributed by atoms with Crippen LogP contribution in [0.4, 0.5) is 5.82 Å². The number of benzene rings is 1. The molecule has 3 saturated heterocycles. The number of aromatic nitrogens is 1. The Morgan fingerprint density at radius 3 is 2.51 bits per heavy atom. The lowest BCUT2D eigenvalue weighted by atomic mass is 9.71. The van der Waals surface area contributed by atoms with Gasteiger partial charge in [0.2, 0.25) is 5.91 Å². The van der Waals surface area contributed by atoms with Crippen molar-refractivity contribution in [1.82, 2.24) is 14.8 Å². The molecule has 4 heterocycles. The monoisotopic (exact) mass is 514 g/mol. The summed E-state index contributed by atoms with van der Waals surface area (Å²) in [6, 6.07) is 12.3. The highest BCUT2D eigenvalue weighted by molar-refractivity contribution is 6.42. The van der Waals surface area contributed by atoms with Gasteiger partial charge in [0.05, 0.1) is 10.0 Å². The van der Waals surface area contributed by atoms with Crippen LogP contribution in [0.5, 0.6) is 0 Å². The first kappa shape index (κ1) is 24.7. The van der Waals surface area contributed by atoms with E-state index in [1.54, 1.807) is 0 Å². The highest BCUT2D eigenvalue weighted by atomic mass is 35.5. The number of carbonyl (C=O) groups is 2. The molecule has 0 N–H and O–H groups in total. The van der Waals surface area contributed by atoms with Crippen LogP contribution in [0, 0.1) is 6.92 Å². The minimum atomic E-state index is -0.226. The fraction of sp³-hybridized carbons (Fsp3) is 0.519. The number of rotatable bonds is 6. The number of ketones is 1. The lowest BCUT2D eigenvalue weighted by molar-refractivity contribution is -0.122. The Balaban J connectivity index is 1.33. The molecule has 8 heteroatoms. The molecule has 6 nitrogen and oxygen atoms in total. The summed E-state index contributed by atoms with van der Waals surface area (Å²) >= 11 is 12.7. The van der Waals surface area contributed by atoms with Gasteiger partial charge in [-0.15, -0.1) is 0 Å². The van der Waals surface area contributed by atoms with E-state index in [1.165, 1.54) is 0 Å². The van der Waals surface area contributed by atoms with Gasteiger partial charge >= 0.3 is 0 Å². The van der Waals surface area contributed by atoms with Crippen molar-refractivity contribution in [3.05, 3.63) is 57.7 Å². The summed E-state index contributed by atoms with van der Waals surface area (Å²) in [7, 11) is 0. The van der Waals surface area contributed by atoms with Crippen molar-refractivity contribution >= 4 is 40.7 Å². The van der Waals surface area contributed by atoms with Crippen LogP contribution in [-0.2, 0) is 15.0 Å². The quantitative estimate of drug-likeness (QED) is 0.567. The Morgan fingerprint density at radius 2 is 1.80 bits per heavy atom. The summed E-state index contributed by atoms with van der Waals surface area (Å²) in [5.41, 5.74) is 1.80. The van der Waals surface area contributed by atoms with Gasteiger partial charge in [0.25, 0.3) is 0 Å². The maximum absolute atomic E-state index is 13.0. The average molecular weight is 515 g/mol. The second-order valence-electron chi connectivity index (χ2n) is 10.3. The number of pyridine rings is 1. The number of amides is 1. The van der Waals surface area contributed by atoms with E-state index in [9.17, 15) is 9.59 Å². The van der Waals surface area contributed by atoms with Gasteiger partial charge in [0, 0.05) is 69.1 Å². The fourth-order valence-electron chi connectivity index (χ4n) is 5.72. The van der Waals surface area contributed by atoms with Crippen molar-refractivity contribution in [2.45, 2.75) is 50.5 Å². The Labute approximate surface area is 217 Å². The van der Waals surface area contributed by atoms with E-state index < -0.39 is 0 Å². The third-order valence-corrected chi connectivity index (χ3v) is 8.72. The van der Waals surface area contributed by atoms with Gasteiger partial charge in [-0.25, -0.2) is 4.98 Å². The summed E-state index contributed by atoms with van der Waals surface area (Å²) in [4.78, 5) is 36.0. The third kappa shape index (κ3) is 5.26. The number of Topliss-reactive ketones (excluding diaryl/α,β-unsaturated/α-hetero) is 1. The molecule has 3 aliphatic rings. The topological polar surface area (TPSA) is 56.8 Å². The predicted octanol–water partition coefficient (Wildman–Crippen LogP) is 4.50. The van der Waals surface area contributed by atoms with Crippen molar-refractivity contribution in [1.29, 1.82) is 0 Å². The maximum atomic E-state index is 13.0. The minimum Gasteiger partial charge on any atom is -0.300 e. The largest absolute Gasteiger partial charge is 0.300 e. The molecule has 0 unspecified atom stereocenters. The SMILES string of the molecule is Cc1cccc(N2C[C@](CCN3CC(N4CCC(=O)CC4)C3)(c3ccc(Cl)c(Cl)c3)CCC2=O)n1. The normalized spacial score (nSPS) is 24.6. The summed E-state index contributed by atoms with van der Waals surface area (Å²) in [5.74, 6) is 1.21. The second kappa shape index (κ2) is 10.2. The number of nitrogens with zero attached hydrogens (tertiary/aromatic N) is 4. The first-order valence-corrected chi connectivity index (χ1v) is 13.3. The number of likely N-dealkylation sites (tertiary alicyclic amines) is 2. The standard InChI is InChI=1S/C27H32Cl2N4O2/c1-19-3-2-4-25(30-19)33-18-27(10-7-26(33)35,20-5-6-23(28)24(29)15-20)11-14-31-16-21(17-31)32-12-8-22(34)9-13-32/h2-6,15,21H,7-14,16-18H2,1H3/t27-/m0/s1. The van der Waals surface area contributed by atoms with Crippen LogP contribution in [-0.4, -0.2) is 71.8 Å². The number of carbonyl (C=O) groups excluding carboxylic acids is 2. The molecule has 1 amide bonds. The fourth-order valence-corrected chi connectivity index (χ4v) is 6.01. The van der Waals surface area contributed by atoms with E-state index in [-0.39, 0.29) is 11.3 Å². The highest BCUT2D eigenvalue weighted by Gasteiger charge is 2.42. The Hall–Kier alpha value is -1.99. The number of hydrogen-bond donors (Lipinski definition) is 0. The molecule has 3 fully saturated rings. The lowest BCUT2D eigenvalue weighted by Crippen LogP contribution is -2.61. The molecule has 2 aromatic rings. The Kier molecular flexibility index (Phi) is 7.18. The maximum Gasteiger partial charge on any atom is 0.228 e. The van der Waals surface area contributed by atoms with Gasteiger partial charge in [0.15, 0.2) is 0 Å². The molecule has 1 aromatic carbocycles. The molecule has 0 bridgehead atoms. The molecule has 35 heavy (non-hydrogen) atoms. The molecule has 0 spiro atoms. The van der Waals surface area contributed by atoms with Crippen molar-refractivity contribution < 1.29 is 9.59 Å². The zero-order valence-electron chi connectivity index (χ0n) is 20.2. The minimum absolute atomic E-state index is 0.113. The zero-order valence-corrected chi connectivity index (χ0v) is 21.7. The molecule has 1 atom stereocenters. The summed E-state index contributed by atoms with van der Waals surface area (Å²) in [6.07, 6.45) is 3.55. The molecule has 0 radical (unpaired) electrons. The molecule has 0 saturated carbocycles. The van der Waals surface area contributed by atoms with Gasteiger partial charge in [-0.1, -0.05) is 35.3 Å². The van der Waals surface area contributed by atoms with Crippen molar-refractivity contribution in [2.24, 2.45) is 0 Å². The predicted molar refractivity (Wildman–Crippen MR) is 139 cm³/mol. The summed E-state index contributed by atoms with van der Waals surface area (Å²) < 4.78 is 0. The summed E-state index contributed by atoms with van der Waals surface area (Å²) in [6.45, 7) is 7.33. The van der Waals surface area contributed by atoms with Gasteiger partial charge in [-0.2, -0.15) is 0 Å². The first-order chi connectivity index (χ1) is 16.8. The van der Waals surface area contributed by atoms with Gasteiger partial charge in [0.1, 0.15) is 11.6 Å². The smallest absolute Gasteiger partial charge is 0.228 e. The molecule has 3 aliphatic heterocycles. The van der Waals surface area contributed by atoms with E-state index in [1.807, 2.05) is 42.2 Å². The lowest BCUT2D eigenvalue weighted by Gasteiger charge is -2.49. The molecule has 5 rings (SSSR count). The van der Waals surface area contributed by atoms with Crippen LogP contribution in [0.3, 0.4) is 0 Å². The van der Waals surface area contributed by atoms with Crippen molar-refractivity contribution in [2.75, 3.05) is 44.2 Å². The number of hydrogen-bond acceptors (Lipinski definition) is 5.